The van der Waals surface area contributed by atoms with Gasteiger partial charge in [0.2, 0.25) is 0 Å². The van der Waals surface area contributed by atoms with Gasteiger partial charge in [-0.05, 0) is 25.7 Å². The average molecular weight is 152 g/mol. The van der Waals surface area contributed by atoms with Gasteiger partial charge in [0.05, 0.1) is 0 Å². The Balaban J connectivity index is 4.13. The summed E-state index contributed by atoms with van der Waals surface area (Å²) in [5.41, 5.74) is 1.56. The van der Waals surface area contributed by atoms with Crippen LogP contribution in [0.4, 0.5) is 0 Å². The molecule has 0 aliphatic rings. The molecule has 1 atom stereocenters. The Bertz CT molecular complexity index is 140. The van der Waals surface area contributed by atoms with E-state index in [2.05, 4.69) is 45.9 Å². The summed E-state index contributed by atoms with van der Waals surface area (Å²) in [7, 11) is 0. The van der Waals surface area contributed by atoms with Gasteiger partial charge >= 0.3 is 0 Å². The minimum atomic E-state index is 0.746. The Hall–Kier alpha value is -0.520. The van der Waals surface area contributed by atoms with Crippen molar-refractivity contribution in [3.63, 3.8) is 0 Å². The minimum absolute atomic E-state index is 0.746. The van der Waals surface area contributed by atoms with Crippen LogP contribution in [0.2, 0.25) is 0 Å². The van der Waals surface area contributed by atoms with Gasteiger partial charge in [0, 0.05) is 0 Å². The maximum Gasteiger partial charge on any atom is -0.0231 e. The van der Waals surface area contributed by atoms with Crippen LogP contribution in [-0.4, -0.2) is 0 Å². The predicted molar refractivity (Wildman–Crippen MR) is 52.6 cm³/mol. The first kappa shape index (κ1) is 10.5. The van der Waals surface area contributed by atoms with Gasteiger partial charge in [0.1, 0.15) is 0 Å². The van der Waals surface area contributed by atoms with Crippen molar-refractivity contribution in [1.82, 2.24) is 0 Å². The summed E-state index contributed by atoms with van der Waals surface area (Å²) in [5, 5.41) is 0. The molecule has 0 spiro atoms. The molecule has 0 N–H and O–H groups in total. The quantitative estimate of drug-likeness (QED) is 0.535. The van der Waals surface area contributed by atoms with Gasteiger partial charge in [-0.15, -0.1) is 0 Å². The fourth-order valence-electron chi connectivity index (χ4n) is 1.11. The monoisotopic (exact) mass is 152 g/mol. The van der Waals surface area contributed by atoms with E-state index in [0.717, 1.165) is 5.92 Å². The Labute approximate surface area is 71.0 Å². The summed E-state index contributed by atoms with van der Waals surface area (Å²) in [6, 6.07) is 0. The zero-order valence-electron chi connectivity index (χ0n) is 8.22. The molecule has 0 aromatic heterocycles. The summed E-state index contributed by atoms with van der Waals surface area (Å²) in [4.78, 5) is 0. The molecule has 0 saturated carbocycles. The Kier molecular flexibility index (Phi) is 5.91. The van der Waals surface area contributed by atoms with E-state index in [0.29, 0.717) is 0 Å². The van der Waals surface area contributed by atoms with Crippen LogP contribution >= 0.6 is 0 Å². The van der Waals surface area contributed by atoms with Crippen molar-refractivity contribution < 1.29 is 0 Å². The lowest BCUT2D eigenvalue weighted by Gasteiger charge is -2.10. The van der Waals surface area contributed by atoms with Crippen molar-refractivity contribution in [2.75, 3.05) is 0 Å². The minimum Gasteiger partial charge on any atom is -0.0877 e. The van der Waals surface area contributed by atoms with Gasteiger partial charge in [0.25, 0.3) is 0 Å². The topological polar surface area (TPSA) is 0 Å². The first-order valence-electron chi connectivity index (χ1n) is 4.57. The fourth-order valence-corrected chi connectivity index (χ4v) is 1.11. The average Bonchev–Trinajstić information content (AvgIpc) is 2.05. The van der Waals surface area contributed by atoms with Crippen molar-refractivity contribution in [3.8, 4) is 0 Å². The lowest BCUT2D eigenvalue weighted by Crippen LogP contribution is -1.95. The zero-order chi connectivity index (χ0) is 8.69. The van der Waals surface area contributed by atoms with E-state index in [-0.39, 0.29) is 0 Å². The Morgan fingerprint density at radius 2 is 2.00 bits per heavy atom. The molecular weight excluding hydrogens is 132 g/mol. The molecule has 0 rings (SSSR count). The van der Waals surface area contributed by atoms with Crippen LogP contribution in [0.25, 0.3) is 0 Å². The molecule has 0 amide bonds. The summed E-state index contributed by atoms with van der Waals surface area (Å²) >= 11 is 0. The van der Waals surface area contributed by atoms with Crippen molar-refractivity contribution in [2.24, 2.45) is 5.92 Å². The highest BCUT2D eigenvalue weighted by atomic mass is 14.1. The van der Waals surface area contributed by atoms with Crippen LogP contribution in [0.3, 0.4) is 0 Å². The Morgan fingerprint density at radius 1 is 1.36 bits per heavy atom. The van der Waals surface area contributed by atoms with Crippen LogP contribution in [0.15, 0.2) is 23.8 Å². The van der Waals surface area contributed by atoms with Crippen LogP contribution in [0.5, 0.6) is 0 Å². The van der Waals surface area contributed by atoms with Gasteiger partial charge in [0.15, 0.2) is 0 Å². The van der Waals surface area contributed by atoms with E-state index in [1.54, 1.807) is 5.57 Å². The molecule has 0 heterocycles. The standard InChI is InChI=1S/C11H20/c1-5-8-9-11(7-3)10(4)6-2/h5,8-10H,6-7H2,1-4H3/b8-5-,11-9+. The van der Waals surface area contributed by atoms with Crippen LogP contribution in [0.1, 0.15) is 40.5 Å². The molecule has 0 aliphatic heterocycles. The molecule has 0 aromatic carbocycles. The smallest absolute Gasteiger partial charge is 0.0231 e. The molecule has 0 saturated heterocycles. The lowest BCUT2D eigenvalue weighted by atomic mass is 9.96. The van der Waals surface area contributed by atoms with E-state index in [9.17, 15) is 0 Å². The van der Waals surface area contributed by atoms with Crippen molar-refractivity contribution in [1.29, 1.82) is 0 Å². The zero-order valence-corrected chi connectivity index (χ0v) is 8.22. The third kappa shape index (κ3) is 4.02. The van der Waals surface area contributed by atoms with E-state index in [4.69, 9.17) is 0 Å². The third-order valence-corrected chi connectivity index (χ3v) is 2.16. The fraction of sp³-hybridized carbons (Fsp3) is 0.636. The predicted octanol–water partition coefficient (Wildman–Crippen LogP) is 3.95. The molecule has 1 unspecified atom stereocenters. The van der Waals surface area contributed by atoms with Gasteiger partial charge < -0.3 is 0 Å². The van der Waals surface area contributed by atoms with E-state index in [1.165, 1.54) is 12.8 Å². The van der Waals surface area contributed by atoms with Crippen molar-refractivity contribution in [2.45, 2.75) is 40.5 Å². The highest BCUT2D eigenvalue weighted by molar-refractivity contribution is 5.13. The first-order chi connectivity index (χ1) is 5.26. The third-order valence-electron chi connectivity index (χ3n) is 2.16. The second-order valence-corrected chi connectivity index (χ2v) is 2.93. The SMILES string of the molecule is C/C=C\C=C(/CC)C(C)CC. The van der Waals surface area contributed by atoms with Crippen LogP contribution in [-0.2, 0) is 0 Å². The molecule has 0 aromatic rings. The molecule has 0 nitrogen and oxygen atoms in total. The first-order valence-corrected chi connectivity index (χ1v) is 4.57. The van der Waals surface area contributed by atoms with Crippen molar-refractivity contribution in [3.05, 3.63) is 23.8 Å². The highest BCUT2D eigenvalue weighted by Gasteiger charge is 2.01. The molecule has 0 radical (unpaired) electrons. The molecule has 11 heavy (non-hydrogen) atoms. The van der Waals surface area contributed by atoms with Gasteiger partial charge in [-0.2, -0.15) is 0 Å². The number of hydrogen-bond acceptors (Lipinski definition) is 0. The molecule has 64 valence electrons. The molecule has 0 aliphatic carbocycles. The lowest BCUT2D eigenvalue weighted by molar-refractivity contribution is 0.633. The second kappa shape index (κ2) is 6.21. The van der Waals surface area contributed by atoms with Crippen LogP contribution in [0, 0.1) is 5.92 Å². The highest BCUT2D eigenvalue weighted by Crippen LogP contribution is 2.17. The normalized spacial score (nSPS) is 15.8. The second-order valence-electron chi connectivity index (χ2n) is 2.93. The van der Waals surface area contributed by atoms with Crippen molar-refractivity contribution >= 4 is 0 Å². The summed E-state index contributed by atoms with van der Waals surface area (Å²) < 4.78 is 0. The maximum atomic E-state index is 2.29. The van der Waals surface area contributed by atoms with E-state index < -0.39 is 0 Å². The maximum absolute atomic E-state index is 2.29. The van der Waals surface area contributed by atoms with Gasteiger partial charge in [-0.25, -0.2) is 0 Å². The number of hydrogen-bond donors (Lipinski definition) is 0. The molecule has 0 heteroatoms. The van der Waals surface area contributed by atoms with Crippen LogP contribution < -0.4 is 0 Å². The largest absolute Gasteiger partial charge is 0.0877 e. The summed E-state index contributed by atoms with van der Waals surface area (Å²) in [6.45, 7) is 8.81. The van der Waals surface area contributed by atoms with E-state index in [1.807, 2.05) is 0 Å². The van der Waals surface area contributed by atoms with E-state index >= 15 is 0 Å². The summed E-state index contributed by atoms with van der Waals surface area (Å²) in [5.74, 6) is 0.746. The number of allylic oxidation sites excluding steroid dienone is 4. The molecule has 0 fully saturated rings. The van der Waals surface area contributed by atoms with Gasteiger partial charge in [-0.3, -0.25) is 0 Å². The van der Waals surface area contributed by atoms with Gasteiger partial charge in [-0.1, -0.05) is 44.6 Å². The molecule has 0 bridgehead atoms. The number of rotatable bonds is 4. The Morgan fingerprint density at radius 3 is 2.36 bits per heavy atom. The molecular formula is C11H20. The summed E-state index contributed by atoms with van der Waals surface area (Å²) in [6.07, 6.45) is 8.88.